The van der Waals surface area contributed by atoms with E-state index in [1.54, 1.807) is 12.1 Å². The van der Waals surface area contributed by atoms with Crippen LogP contribution in [0.15, 0.2) is 75.2 Å². The number of hydrogen-bond donors (Lipinski definition) is 2. The van der Waals surface area contributed by atoms with Crippen LogP contribution in [0.5, 0.6) is 5.75 Å². The molecule has 6 nitrogen and oxygen atoms in total. The number of amides is 2. The van der Waals surface area contributed by atoms with Crippen LogP contribution in [0.4, 0.5) is 5.69 Å². The van der Waals surface area contributed by atoms with E-state index in [1.807, 2.05) is 68.4 Å². The summed E-state index contributed by atoms with van der Waals surface area (Å²) in [6.07, 6.45) is 1.44. The van der Waals surface area contributed by atoms with Crippen LogP contribution in [0, 0.1) is 25.2 Å². The number of ether oxygens (including phenoxy) is 1. The van der Waals surface area contributed by atoms with Gasteiger partial charge in [-0.25, -0.2) is 0 Å². The van der Waals surface area contributed by atoms with Gasteiger partial charge in [0.15, 0.2) is 6.61 Å². The van der Waals surface area contributed by atoms with E-state index in [2.05, 4.69) is 42.5 Å². The summed E-state index contributed by atoms with van der Waals surface area (Å²) in [6, 6.07) is 20.5. The molecular weight excluding hydrogens is 574 g/mol. The zero-order chi connectivity index (χ0) is 25.4. The van der Waals surface area contributed by atoms with Gasteiger partial charge in [-0.2, -0.15) is 5.26 Å². The van der Waals surface area contributed by atoms with Crippen molar-refractivity contribution in [3.05, 3.63) is 97.4 Å². The number of nitrogens with one attached hydrogen (secondary N) is 2. The van der Waals surface area contributed by atoms with Crippen molar-refractivity contribution in [2.24, 2.45) is 0 Å². The molecule has 2 amide bonds. The van der Waals surface area contributed by atoms with Crippen molar-refractivity contribution >= 4 is 55.4 Å². The summed E-state index contributed by atoms with van der Waals surface area (Å²) in [5.41, 5.74) is 4.18. The summed E-state index contributed by atoms with van der Waals surface area (Å²) in [5, 5.41) is 15.2. The predicted octanol–water partition coefficient (Wildman–Crippen LogP) is 6.07. The van der Waals surface area contributed by atoms with Gasteiger partial charge in [-0.15, -0.1) is 0 Å². The van der Waals surface area contributed by atoms with E-state index in [-0.39, 0.29) is 18.1 Å². The molecule has 0 radical (unpaired) electrons. The average molecular weight is 597 g/mol. The summed E-state index contributed by atoms with van der Waals surface area (Å²) in [7, 11) is 0. The third-order valence-corrected chi connectivity index (χ3v) is 6.18. The highest BCUT2D eigenvalue weighted by Crippen LogP contribution is 2.34. The minimum atomic E-state index is -0.508. The fraction of sp³-hybridized carbons (Fsp3) is 0.148. The molecule has 0 aliphatic carbocycles. The quantitative estimate of drug-likeness (QED) is 0.244. The number of hydrogen-bond acceptors (Lipinski definition) is 4. The Balaban J connectivity index is 1.75. The Morgan fingerprint density at radius 2 is 1.77 bits per heavy atom. The second-order valence-corrected chi connectivity index (χ2v) is 9.55. The van der Waals surface area contributed by atoms with E-state index in [9.17, 15) is 14.9 Å². The number of carbonyl (C=O) groups is 2. The topological polar surface area (TPSA) is 91.2 Å². The minimum Gasteiger partial charge on any atom is -0.482 e. The molecular formula is C27H23Br2N3O3. The van der Waals surface area contributed by atoms with Gasteiger partial charge in [0, 0.05) is 22.3 Å². The molecule has 3 rings (SSSR count). The van der Waals surface area contributed by atoms with Gasteiger partial charge < -0.3 is 15.4 Å². The van der Waals surface area contributed by atoms with Crippen LogP contribution < -0.4 is 15.4 Å². The molecule has 0 fully saturated rings. The number of aryl methyl sites for hydroxylation is 2. The maximum absolute atomic E-state index is 12.6. The highest BCUT2D eigenvalue weighted by atomic mass is 79.9. The van der Waals surface area contributed by atoms with E-state index in [4.69, 9.17) is 4.74 Å². The molecule has 0 heterocycles. The SMILES string of the molecule is Cc1ccc(NC(=O)COc2c(Br)cc(Br)cc2/C=C(\C#N)C(=O)NCc2ccccc2)cc1C. The lowest BCUT2D eigenvalue weighted by molar-refractivity contribution is -0.118. The number of nitrogens with zero attached hydrogens (tertiary/aromatic N) is 1. The Morgan fingerprint density at radius 1 is 1.03 bits per heavy atom. The van der Waals surface area contributed by atoms with Gasteiger partial charge in [-0.3, -0.25) is 9.59 Å². The number of rotatable bonds is 8. The standard InChI is InChI=1S/C27H23Br2N3O3/c1-17-8-9-23(10-18(17)2)32-25(33)16-35-26-20(12-22(28)13-24(26)29)11-21(14-30)27(34)31-15-19-6-4-3-5-7-19/h3-13H,15-16H2,1-2H3,(H,31,34)(H,32,33)/b21-11+. The largest absolute Gasteiger partial charge is 0.482 e. The predicted molar refractivity (Wildman–Crippen MR) is 144 cm³/mol. The van der Waals surface area contributed by atoms with Crippen LogP contribution in [0.25, 0.3) is 6.08 Å². The van der Waals surface area contributed by atoms with Crippen LogP contribution in [-0.4, -0.2) is 18.4 Å². The Labute approximate surface area is 221 Å². The lowest BCUT2D eigenvalue weighted by Gasteiger charge is -2.13. The molecule has 2 N–H and O–H groups in total. The molecule has 178 valence electrons. The fourth-order valence-corrected chi connectivity index (χ4v) is 4.54. The smallest absolute Gasteiger partial charge is 0.262 e. The van der Waals surface area contributed by atoms with Gasteiger partial charge in [0.05, 0.1) is 4.47 Å². The van der Waals surface area contributed by atoms with Crippen LogP contribution >= 0.6 is 31.9 Å². The van der Waals surface area contributed by atoms with E-state index >= 15 is 0 Å². The molecule has 0 atom stereocenters. The van der Waals surface area contributed by atoms with Crippen molar-refractivity contribution in [2.75, 3.05) is 11.9 Å². The molecule has 0 aliphatic heterocycles. The van der Waals surface area contributed by atoms with Crippen molar-refractivity contribution in [3.63, 3.8) is 0 Å². The van der Waals surface area contributed by atoms with Crippen molar-refractivity contribution in [3.8, 4) is 11.8 Å². The Hall–Kier alpha value is -3.41. The van der Waals surface area contributed by atoms with Gasteiger partial charge in [0.25, 0.3) is 11.8 Å². The maximum atomic E-state index is 12.6. The summed E-state index contributed by atoms with van der Waals surface area (Å²) in [5.74, 6) is -0.503. The third kappa shape index (κ3) is 7.54. The highest BCUT2D eigenvalue weighted by Gasteiger charge is 2.15. The fourth-order valence-electron chi connectivity index (χ4n) is 3.17. The Kier molecular flexibility index (Phi) is 9.24. The average Bonchev–Trinajstić information content (AvgIpc) is 2.83. The van der Waals surface area contributed by atoms with Crippen LogP contribution in [0.3, 0.4) is 0 Å². The molecule has 0 bridgehead atoms. The first-order valence-electron chi connectivity index (χ1n) is 10.7. The summed E-state index contributed by atoms with van der Waals surface area (Å²) in [6.45, 7) is 4.02. The van der Waals surface area contributed by atoms with Crippen molar-refractivity contribution < 1.29 is 14.3 Å². The van der Waals surface area contributed by atoms with E-state index in [1.165, 1.54) is 6.08 Å². The summed E-state index contributed by atoms with van der Waals surface area (Å²) >= 11 is 6.86. The van der Waals surface area contributed by atoms with E-state index in [0.29, 0.717) is 32.5 Å². The highest BCUT2D eigenvalue weighted by molar-refractivity contribution is 9.11. The Bertz CT molecular complexity index is 1320. The molecule has 0 saturated carbocycles. The monoisotopic (exact) mass is 595 g/mol. The molecule has 0 unspecified atom stereocenters. The number of anilines is 1. The van der Waals surface area contributed by atoms with Crippen molar-refractivity contribution in [1.29, 1.82) is 5.26 Å². The second kappa shape index (κ2) is 12.3. The Morgan fingerprint density at radius 3 is 2.46 bits per heavy atom. The third-order valence-electron chi connectivity index (χ3n) is 5.14. The molecule has 0 aromatic heterocycles. The lowest BCUT2D eigenvalue weighted by Crippen LogP contribution is -2.24. The molecule has 3 aromatic rings. The molecule has 0 saturated heterocycles. The molecule has 35 heavy (non-hydrogen) atoms. The van der Waals surface area contributed by atoms with Gasteiger partial charge >= 0.3 is 0 Å². The second-order valence-electron chi connectivity index (χ2n) is 7.78. The first-order chi connectivity index (χ1) is 16.8. The van der Waals surface area contributed by atoms with Gasteiger partial charge in [0.2, 0.25) is 0 Å². The summed E-state index contributed by atoms with van der Waals surface area (Å²) < 4.78 is 7.08. The molecule has 0 spiro atoms. The first kappa shape index (κ1) is 26.2. The van der Waals surface area contributed by atoms with Crippen molar-refractivity contribution in [1.82, 2.24) is 5.32 Å². The van der Waals surface area contributed by atoms with Crippen molar-refractivity contribution in [2.45, 2.75) is 20.4 Å². The van der Waals surface area contributed by atoms with E-state index in [0.717, 1.165) is 16.7 Å². The van der Waals surface area contributed by atoms with E-state index < -0.39 is 5.91 Å². The zero-order valence-corrected chi connectivity index (χ0v) is 22.4. The van der Waals surface area contributed by atoms with Crippen LogP contribution in [0.2, 0.25) is 0 Å². The maximum Gasteiger partial charge on any atom is 0.262 e. The summed E-state index contributed by atoms with van der Waals surface area (Å²) in [4.78, 5) is 25.1. The number of benzene rings is 3. The normalized spacial score (nSPS) is 10.9. The van der Waals surface area contributed by atoms with Crippen LogP contribution in [0.1, 0.15) is 22.3 Å². The minimum absolute atomic E-state index is 0.0876. The molecule has 3 aromatic carbocycles. The number of halogens is 2. The molecule has 8 heteroatoms. The van der Waals surface area contributed by atoms with Gasteiger partial charge in [0.1, 0.15) is 17.4 Å². The van der Waals surface area contributed by atoms with Gasteiger partial charge in [-0.05, 0) is 76.8 Å². The van der Waals surface area contributed by atoms with Crippen LogP contribution in [-0.2, 0) is 16.1 Å². The lowest BCUT2D eigenvalue weighted by atomic mass is 10.1. The first-order valence-corrected chi connectivity index (χ1v) is 12.3. The van der Waals surface area contributed by atoms with Gasteiger partial charge in [-0.1, -0.05) is 52.3 Å². The molecule has 0 aliphatic rings. The number of carbonyl (C=O) groups excluding carboxylic acids is 2. The number of nitriles is 1. The zero-order valence-electron chi connectivity index (χ0n) is 19.2.